The minimum Gasteiger partial charge on any atom is -0.294 e. The summed E-state index contributed by atoms with van der Waals surface area (Å²) >= 11 is 0. The van der Waals surface area contributed by atoms with E-state index < -0.39 is 0 Å². The molecule has 1 heteroatoms. The SMILES string of the molecule is O=C(c1ccccc1)C1CC1/C=C/C=C/c1ccccc1. The zero-order valence-electron chi connectivity index (χ0n) is 11.9. The van der Waals surface area contributed by atoms with Gasteiger partial charge >= 0.3 is 0 Å². The smallest absolute Gasteiger partial charge is 0.166 e. The van der Waals surface area contributed by atoms with Crippen molar-refractivity contribution in [2.75, 3.05) is 0 Å². The van der Waals surface area contributed by atoms with E-state index >= 15 is 0 Å². The Labute approximate surface area is 125 Å². The van der Waals surface area contributed by atoms with Gasteiger partial charge < -0.3 is 0 Å². The molecule has 1 saturated carbocycles. The molecule has 21 heavy (non-hydrogen) atoms. The first-order valence-electron chi connectivity index (χ1n) is 7.34. The van der Waals surface area contributed by atoms with Gasteiger partial charge in [0.05, 0.1) is 0 Å². The molecule has 0 bridgehead atoms. The molecule has 1 aliphatic rings. The fourth-order valence-corrected chi connectivity index (χ4v) is 2.48. The second-order valence-corrected chi connectivity index (χ2v) is 5.39. The maximum Gasteiger partial charge on any atom is 0.166 e. The second kappa shape index (κ2) is 6.36. The average Bonchev–Trinajstić information content (AvgIpc) is 3.32. The largest absolute Gasteiger partial charge is 0.294 e. The lowest BCUT2D eigenvalue weighted by Gasteiger charge is -1.97. The first-order valence-corrected chi connectivity index (χ1v) is 7.34. The van der Waals surface area contributed by atoms with Crippen molar-refractivity contribution in [2.24, 2.45) is 11.8 Å². The number of Topliss-reactive ketones (excluding diaryl/α,β-unsaturated/α-hetero) is 1. The van der Waals surface area contributed by atoms with Crippen molar-refractivity contribution in [3.63, 3.8) is 0 Å². The summed E-state index contributed by atoms with van der Waals surface area (Å²) in [4.78, 5) is 12.2. The van der Waals surface area contributed by atoms with Crippen LogP contribution in [0.1, 0.15) is 22.3 Å². The molecule has 0 aliphatic heterocycles. The molecular weight excluding hydrogens is 256 g/mol. The topological polar surface area (TPSA) is 17.1 Å². The van der Waals surface area contributed by atoms with Crippen molar-refractivity contribution in [3.05, 3.63) is 90.0 Å². The normalized spacial score (nSPS) is 21.0. The minimum atomic E-state index is 0.175. The molecular formula is C20H18O. The van der Waals surface area contributed by atoms with Crippen molar-refractivity contribution < 1.29 is 4.79 Å². The van der Waals surface area contributed by atoms with Gasteiger partial charge in [-0.3, -0.25) is 4.79 Å². The molecule has 0 amide bonds. The van der Waals surface area contributed by atoms with Crippen molar-refractivity contribution >= 4 is 11.9 Å². The average molecular weight is 274 g/mol. The highest BCUT2D eigenvalue weighted by molar-refractivity contribution is 5.99. The predicted molar refractivity (Wildman–Crippen MR) is 87.0 cm³/mol. The van der Waals surface area contributed by atoms with Gasteiger partial charge in [0.2, 0.25) is 0 Å². The third-order valence-electron chi connectivity index (χ3n) is 3.79. The van der Waals surface area contributed by atoms with Crippen LogP contribution in [-0.4, -0.2) is 5.78 Å². The molecule has 0 saturated heterocycles. The Kier molecular flexibility index (Phi) is 4.11. The minimum absolute atomic E-state index is 0.175. The Morgan fingerprint density at radius 2 is 1.57 bits per heavy atom. The number of hydrogen-bond acceptors (Lipinski definition) is 1. The lowest BCUT2D eigenvalue weighted by atomic mass is 10.1. The molecule has 3 rings (SSSR count). The van der Waals surface area contributed by atoms with Crippen molar-refractivity contribution in [1.82, 2.24) is 0 Å². The van der Waals surface area contributed by atoms with Gasteiger partial charge in [-0.2, -0.15) is 0 Å². The second-order valence-electron chi connectivity index (χ2n) is 5.39. The van der Waals surface area contributed by atoms with Crippen LogP contribution in [0.3, 0.4) is 0 Å². The quantitative estimate of drug-likeness (QED) is 0.566. The Morgan fingerprint density at radius 1 is 0.905 bits per heavy atom. The molecule has 0 aromatic heterocycles. The Morgan fingerprint density at radius 3 is 2.29 bits per heavy atom. The summed E-state index contributed by atoms with van der Waals surface area (Å²) < 4.78 is 0. The number of rotatable bonds is 5. The van der Waals surface area contributed by atoms with Gasteiger partial charge in [-0.25, -0.2) is 0 Å². The summed E-state index contributed by atoms with van der Waals surface area (Å²) in [5, 5.41) is 0. The highest BCUT2D eigenvalue weighted by Gasteiger charge is 2.40. The zero-order valence-corrected chi connectivity index (χ0v) is 11.9. The molecule has 1 nitrogen and oxygen atoms in total. The van der Waals surface area contributed by atoms with Gasteiger partial charge in [0.15, 0.2) is 5.78 Å². The summed E-state index contributed by atoms with van der Waals surface area (Å²) in [5.41, 5.74) is 2.02. The van der Waals surface area contributed by atoms with E-state index in [0.717, 1.165) is 12.0 Å². The third kappa shape index (κ3) is 3.57. The number of benzene rings is 2. The molecule has 0 radical (unpaired) electrons. The van der Waals surface area contributed by atoms with Gasteiger partial charge in [-0.15, -0.1) is 0 Å². The fraction of sp³-hybridized carbons (Fsp3) is 0.150. The van der Waals surface area contributed by atoms with E-state index in [4.69, 9.17) is 0 Å². The predicted octanol–water partition coefficient (Wildman–Crippen LogP) is 4.78. The van der Waals surface area contributed by atoms with Crippen LogP contribution in [0, 0.1) is 11.8 Å². The van der Waals surface area contributed by atoms with E-state index in [9.17, 15) is 4.79 Å². The van der Waals surface area contributed by atoms with E-state index in [1.54, 1.807) is 0 Å². The van der Waals surface area contributed by atoms with Crippen LogP contribution in [0.15, 0.2) is 78.9 Å². The van der Waals surface area contributed by atoms with Gasteiger partial charge in [-0.1, -0.05) is 85.0 Å². The van der Waals surface area contributed by atoms with Gasteiger partial charge in [0, 0.05) is 11.5 Å². The van der Waals surface area contributed by atoms with Gasteiger partial charge in [-0.05, 0) is 17.9 Å². The fourth-order valence-electron chi connectivity index (χ4n) is 2.48. The summed E-state index contributed by atoms with van der Waals surface area (Å²) in [6, 6.07) is 19.8. The number of ketones is 1. The molecule has 2 aromatic rings. The van der Waals surface area contributed by atoms with Crippen LogP contribution in [0.5, 0.6) is 0 Å². The standard InChI is InChI=1S/C20H18O/c21-20(17-12-5-2-6-13-17)19-15-18(19)14-8-7-11-16-9-3-1-4-10-16/h1-14,18-19H,15H2/b11-7+,14-8+. The van der Waals surface area contributed by atoms with E-state index in [2.05, 4.69) is 30.4 Å². The van der Waals surface area contributed by atoms with E-state index in [1.165, 1.54) is 5.56 Å². The monoisotopic (exact) mass is 274 g/mol. The maximum absolute atomic E-state index is 12.2. The summed E-state index contributed by atoms with van der Waals surface area (Å²) in [6.07, 6.45) is 9.29. The number of carbonyl (C=O) groups excluding carboxylic acids is 1. The molecule has 0 heterocycles. The van der Waals surface area contributed by atoms with Crippen LogP contribution < -0.4 is 0 Å². The van der Waals surface area contributed by atoms with Crippen molar-refractivity contribution in [1.29, 1.82) is 0 Å². The lowest BCUT2D eigenvalue weighted by molar-refractivity contribution is 0.0964. The number of carbonyl (C=O) groups is 1. The summed E-state index contributed by atoms with van der Waals surface area (Å²) in [5.74, 6) is 0.851. The highest BCUT2D eigenvalue weighted by Crippen LogP contribution is 2.42. The Hall–Kier alpha value is -2.41. The van der Waals surface area contributed by atoms with E-state index in [0.29, 0.717) is 5.92 Å². The lowest BCUT2D eigenvalue weighted by Crippen LogP contribution is -2.02. The van der Waals surface area contributed by atoms with Crippen molar-refractivity contribution in [3.8, 4) is 0 Å². The maximum atomic E-state index is 12.2. The Bertz CT molecular complexity index is 653. The van der Waals surface area contributed by atoms with Crippen LogP contribution in [0.2, 0.25) is 0 Å². The van der Waals surface area contributed by atoms with E-state index in [1.807, 2.05) is 54.6 Å². The molecule has 2 atom stereocenters. The van der Waals surface area contributed by atoms with Crippen LogP contribution in [0.25, 0.3) is 6.08 Å². The summed E-state index contributed by atoms with van der Waals surface area (Å²) in [6.45, 7) is 0. The van der Waals surface area contributed by atoms with Crippen LogP contribution in [-0.2, 0) is 0 Å². The molecule has 2 unspecified atom stereocenters. The van der Waals surface area contributed by atoms with Crippen LogP contribution in [0.4, 0.5) is 0 Å². The van der Waals surface area contributed by atoms with Crippen molar-refractivity contribution in [2.45, 2.75) is 6.42 Å². The van der Waals surface area contributed by atoms with E-state index in [-0.39, 0.29) is 11.7 Å². The van der Waals surface area contributed by atoms with Crippen LogP contribution >= 0.6 is 0 Å². The first kappa shape index (κ1) is 13.6. The highest BCUT2D eigenvalue weighted by atomic mass is 16.1. The molecule has 0 spiro atoms. The first-order chi connectivity index (χ1) is 10.3. The zero-order chi connectivity index (χ0) is 14.5. The van der Waals surface area contributed by atoms with Gasteiger partial charge in [0.25, 0.3) is 0 Å². The number of allylic oxidation sites excluding steroid dienone is 3. The summed E-state index contributed by atoms with van der Waals surface area (Å²) in [7, 11) is 0. The molecule has 1 aliphatic carbocycles. The molecule has 104 valence electrons. The molecule has 2 aromatic carbocycles. The van der Waals surface area contributed by atoms with Gasteiger partial charge in [0.1, 0.15) is 0 Å². The Balaban J connectivity index is 1.53. The molecule has 1 fully saturated rings. The molecule has 0 N–H and O–H groups in total. The number of hydrogen-bond donors (Lipinski definition) is 0. The third-order valence-corrected chi connectivity index (χ3v) is 3.79.